The van der Waals surface area contributed by atoms with Gasteiger partial charge in [-0.2, -0.15) is 13.2 Å². The zero-order valence-electron chi connectivity index (χ0n) is 11.4. The van der Waals surface area contributed by atoms with Crippen molar-refractivity contribution in [1.82, 2.24) is 4.98 Å². The van der Waals surface area contributed by atoms with Crippen LogP contribution in [0, 0.1) is 0 Å². The fourth-order valence-corrected chi connectivity index (χ4v) is 2.52. The van der Waals surface area contributed by atoms with Crippen molar-refractivity contribution in [3.8, 4) is 5.75 Å². The number of nitrogens with two attached hydrogens (primary N) is 1. The van der Waals surface area contributed by atoms with E-state index in [1.165, 1.54) is 12.1 Å². The number of alkyl halides is 3. The highest BCUT2D eigenvalue weighted by Crippen LogP contribution is 2.39. The van der Waals surface area contributed by atoms with Crippen LogP contribution in [0.25, 0.3) is 0 Å². The summed E-state index contributed by atoms with van der Waals surface area (Å²) in [4.78, 5) is 4.25. The van der Waals surface area contributed by atoms with Gasteiger partial charge in [0.25, 0.3) is 0 Å². The second kappa shape index (κ2) is 5.78. The SMILES string of the molecule is Cl.NC1(c2ccc(C(F)(F)F)cc2)CCOc2cccnc21. The topological polar surface area (TPSA) is 48.1 Å². The molecule has 118 valence electrons. The maximum atomic E-state index is 12.6. The average molecular weight is 331 g/mol. The van der Waals surface area contributed by atoms with E-state index in [1.54, 1.807) is 18.3 Å². The van der Waals surface area contributed by atoms with Crippen molar-refractivity contribution in [2.24, 2.45) is 5.73 Å². The normalized spacial score (nSPS) is 20.5. The number of halogens is 4. The molecule has 7 heteroatoms. The first-order chi connectivity index (χ1) is 9.91. The maximum absolute atomic E-state index is 12.6. The van der Waals surface area contributed by atoms with Crippen LogP contribution in [-0.4, -0.2) is 11.6 Å². The van der Waals surface area contributed by atoms with Crippen molar-refractivity contribution < 1.29 is 17.9 Å². The number of ether oxygens (including phenoxy) is 1. The molecule has 1 atom stereocenters. The molecule has 0 spiro atoms. The molecule has 0 bridgehead atoms. The predicted octanol–water partition coefficient (Wildman–Crippen LogP) is 3.51. The fourth-order valence-electron chi connectivity index (χ4n) is 2.52. The smallest absolute Gasteiger partial charge is 0.416 e. The molecule has 0 saturated carbocycles. The van der Waals surface area contributed by atoms with Crippen molar-refractivity contribution in [2.75, 3.05) is 6.61 Å². The van der Waals surface area contributed by atoms with Crippen LogP contribution in [0.4, 0.5) is 13.2 Å². The van der Waals surface area contributed by atoms with Gasteiger partial charge in [-0.1, -0.05) is 12.1 Å². The largest absolute Gasteiger partial charge is 0.491 e. The molecule has 1 unspecified atom stereocenters. The lowest BCUT2D eigenvalue weighted by Gasteiger charge is -2.34. The Balaban J connectivity index is 0.00000176. The monoisotopic (exact) mass is 330 g/mol. The van der Waals surface area contributed by atoms with E-state index in [9.17, 15) is 13.2 Å². The van der Waals surface area contributed by atoms with Crippen LogP contribution in [0.1, 0.15) is 23.2 Å². The van der Waals surface area contributed by atoms with Crippen molar-refractivity contribution in [2.45, 2.75) is 18.1 Å². The minimum Gasteiger partial charge on any atom is -0.491 e. The van der Waals surface area contributed by atoms with Gasteiger partial charge in [0.05, 0.1) is 17.7 Å². The van der Waals surface area contributed by atoms with Gasteiger partial charge in [-0.15, -0.1) is 12.4 Å². The molecule has 2 heterocycles. The molecule has 1 aromatic heterocycles. The molecule has 1 aliphatic rings. The zero-order valence-corrected chi connectivity index (χ0v) is 12.2. The van der Waals surface area contributed by atoms with E-state index in [-0.39, 0.29) is 12.4 Å². The molecule has 3 nitrogen and oxygen atoms in total. The third-order valence-electron chi connectivity index (χ3n) is 3.67. The van der Waals surface area contributed by atoms with E-state index < -0.39 is 17.3 Å². The molecular formula is C15H14ClF3N2O. The van der Waals surface area contributed by atoms with Gasteiger partial charge in [-0.3, -0.25) is 4.98 Å². The van der Waals surface area contributed by atoms with E-state index in [4.69, 9.17) is 10.5 Å². The molecule has 0 fully saturated rings. The zero-order chi connectivity index (χ0) is 15.1. The van der Waals surface area contributed by atoms with Gasteiger partial charge in [-0.25, -0.2) is 0 Å². The van der Waals surface area contributed by atoms with Crippen molar-refractivity contribution in [3.05, 3.63) is 59.4 Å². The van der Waals surface area contributed by atoms with Gasteiger partial charge in [0, 0.05) is 12.6 Å². The second-order valence-electron chi connectivity index (χ2n) is 5.00. The summed E-state index contributed by atoms with van der Waals surface area (Å²) in [5, 5.41) is 0. The first kappa shape index (κ1) is 16.6. The number of pyridine rings is 1. The quantitative estimate of drug-likeness (QED) is 0.870. The minimum atomic E-state index is -4.36. The first-order valence-corrected chi connectivity index (χ1v) is 6.46. The molecular weight excluding hydrogens is 317 g/mol. The van der Waals surface area contributed by atoms with Gasteiger partial charge < -0.3 is 10.5 Å². The highest BCUT2D eigenvalue weighted by atomic mass is 35.5. The number of hydrogen-bond acceptors (Lipinski definition) is 3. The Morgan fingerprint density at radius 3 is 2.45 bits per heavy atom. The molecule has 1 aromatic carbocycles. The van der Waals surface area contributed by atoms with Crippen LogP contribution in [0.15, 0.2) is 42.6 Å². The van der Waals surface area contributed by atoms with Gasteiger partial charge in [0.2, 0.25) is 0 Å². The summed E-state index contributed by atoms with van der Waals surface area (Å²) in [5.41, 5.74) is 5.95. The summed E-state index contributed by atoms with van der Waals surface area (Å²) in [6.07, 6.45) is -2.30. The summed E-state index contributed by atoms with van der Waals surface area (Å²) in [6.45, 7) is 0.399. The Kier molecular flexibility index (Phi) is 4.35. The van der Waals surface area contributed by atoms with E-state index in [1.807, 2.05) is 0 Å². The standard InChI is InChI=1S/C15H13F3N2O.ClH/c16-15(17,18)11-5-3-10(4-6-11)14(19)7-9-21-12-2-1-8-20-13(12)14;/h1-6,8H,7,9,19H2;1H. The molecule has 2 N–H and O–H groups in total. The van der Waals surface area contributed by atoms with Crippen LogP contribution < -0.4 is 10.5 Å². The highest BCUT2D eigenvalue weighted by Gasteiger charge is 2.38. The summed E-state index contributed by atoms with van der Waals surface area (Å²) >= 11 is 0. The van der Waals surface area contributed by atoms with Gasteiger partial charge in [0.1, 0.15) is 11.4 Å². The summed E-state index contributed by atoms with van der Waals surface area (Å²) in [5.74, 6) is 0.575. The van der Waals surface area contributed by atoms with Crippen LogP contribution in [-0.2, 0) is 11.7 Å². The van der Waals surface area contributed by atoms with Crippen LogP contribution in [0.3, 0.4) is 0 Å². The molecule has 2 aromatic rings. The third kappa shape index (κ3) is 2.76. The van der Waals surface area contributed by atoms with Gasteiger partial charge in [0.15, 0.2) is 0 Å². The number of aromatic nitrogens is 1. The van der Waals surface area contributed by atoms with Crippen LogP contribution in [0.5, 0.6) is 5.75 Å². The second-order valence-corrected chi connectivity index (χ2v) is 5.00. The molecule has 0 saturated heterocycles. The van der Waals surface area contributed by atoms with Gasteiger partial charge >= 0.3 is 6.18 Å². The molecule has 0 radical (unpaired) electrons. The van der Waals surface area contributed by atoms with E-state index in [2.05, 4.69) is 4.98 Å². The first-order valence-electron chi connectivity index (χ1n) is 6.46. The van der Waals surface area contributed by atoms with Crippen LogP contribution in [0.2, 0.25) is 0 Å². The lowest BCUT2D eigenvalue weighted by molar-refractivity contribution is -0.137. The lowest BCUT2D eigenvalue weighted by atomic mass is 9.82. The molecule has 3 rings (SSSR count). The fraction of sp³-hybridized carbons (Fsp3) is 0.267. The Morgan fingerprint density at radius 2 is 1.82 bits per heavy atom. The lowest BCUT2D eigenvalue weighted by Crippen LogP contribution is -2.43. The Hall–Kier alpha value is -1.79. The van der Waals surface area contributed by atoms with Crippen molar-refractivity contribution >= 4 is 12.4 Å². The summed E-state index contributed by atoms with van der Waals surface area (Å²) in [6, 6.07) is 8.40. The molecule has 0 aliphatic carbocycles. The van der Waals surface area contributed by atoms with Gasteiger partial charge in [-0.05, 0) is 29.8 Å². The summed E-state index contributed by atoms with van der Waals surface area (Å²) in [7, 11) is 0. The Labute approximate surface area is 131 Å². The number of hydrogen-bond donors (Lipinski definition) is 1. The maximum Gasteiger partial charge on any atom is 0.416 e. The minimum absolute atomic E-state index is 0. The van der Waals surface area contributed by atoms with E-state index in [0.717, 1.165) is 12.1 Å². The Morgan fingerprint density at radius 1 is 1.14 bits per heavy atom. The number of nitrogens with zero attached hydrogens (tertiary/aromatic N) is 1. The van der Waals surface area contributed by atoms with Crippen molar-refractivity contribution in [3.63, 3.8) is 0 Å². The number of fused-ring (bicyclic) bond motifs is 1. The average Bonchev–Trinajstić information content (AvgIpc) is 2.47. The molecule has 1 aliphatic heterocycles. The van der Waals surface area contributed by atoms with Crippen molar-refractivity contribution in [1.29, 1.82) is 0 Å². The predicted molar refractivity (Wildman–Crippen MR) is 78.0 cm³/mol. The molecule has 0 amide bonds. The third-order valence-corrected chi connectivity index (χ3v) is 3.67. The Bertz CT molecular complexity index is 661. The molecule has 22 heavy (non-hydrogen) atoms. The van der Waals surface area contributed by atoms with E-state index in [0.29, 0.717) is 30.0 Å². The highest BCUT2D eigenvalue weighted by molar-refractivity contribution is 5.85. The number of rotatable bonds is 1. The van der Waals surface area contributed by atoms with E-state index >= 15 is 0 Å². The summed E-state index contributed by atoms with van der Waals surface area (Å²) < 4.78 is 43.4. The van der Waals surface area contributed by atoms with Crippen LogP contribution >= 0.6 is 12.4 Å². The number of benzene rings is 1.